The molecule has 1 aliphatic heterocycles. The normalized spacial score (nSPS) is 16.5. The van der Waals surface area contributed by atoms with Crippen LogP contribution in [0.15, 0.2) is 24.3 Å². The largest absolute Gasteiger partial charge is 0.399 e. The number of carbonyl (C=O) groups is 1. The smallest absolute Gasteiger partial charge is 0.254 e. The lowest BCUT2D eigenvalue weighted by Gasteiger charge is -2.34. The Bertz CT molecular complexity index is 668. The van der Waals surface area contributed by atoms with Crippen molar-refractivity contribution in [3.63, 3.8) is 0 Å². The number of benzene rings is 1. The number of hydrogen-bond acceptors (Lipinski definition) is 5. The van der Waals surface area contributed by atoms with Crippen LogP contribution in [-0.2, 0) is 14.8 Å². The lowest BCUT2D eigenvalue weighted by atomic mass is 10.1. The highest BCUT2D eigenvalue weighted by atomic mass is 32.2. The van der Waals surface area contributed by atoms with E-state index in [0.29, 0.717) is 37.4 Å². The van der Waals surface area contributed by atoms with Gasteiger partial charge in [-0.15, -0.1) is 0 Å². The van der Waals surface area contributed by atoms with E-state index in [1.54, 1.807) is 29.2 Å². The van der Waals surface area contributed by atoms with Gasteiger partial charge in [-0.1, -0.05) is 6.07 Å². The lowest BCUT2D eigenvalue weighted by molar-refractivity contribution is 0.0693. The molecule has 1 fully saturated rings. The Kier molecular flexibility index (Phi) is 6.20. The number of nitrogens with two attached hydrogens (primary N) is 1. The zero-order chi connectivity index (χ0) is 17.7. The summed E-state index contributed by atoms with van der Waals surface area (Å²) in [7, 11) is -3.35. The van der Waals surface area contributed by atoms with E-state index in [2.05, 4.69) is 0 Å². The molecule has 0 radical (unpaired) electrons. The average molecular weight is 355 g/mol. The summed E-state index contributed by atoms with van der Waals surface area (Å²) < 4.78 is 31.3. The first kappa shape index (κ1) is 18.7. The lowest BCUT2D eigenvalue weighted by Crippen LogP contribution is -2.51. The Labute approximate surface area is 143 Å². The fraction of sp³-hybridized carbons (Fsp3) is 0.562. The van der Waals surface area contributed by atoms with Gasteiger partial charge in [-0.05, 0) is 32.0 Å². The van der Waals surface area contributed by atoms with Crippen molar-refractivity contribution in [3.8, 4) is 0 Å². The van der Waals surface area contributed by atoms with Crippen molar-refractivity contribution < 1.29 is 17.9 Å². The van der Waals surface area contributed by atoms with Crippen LogP contribution >= 0.6 is 0 Å². The fourth-order valence-electron chi connectivity index (χ4n) is 2.54. The molecule has 0 aromatic heterocycles. The average Bonchev–Trinajstić information content (AvgIpc) is 2.54. The summed E-state index contributed by atoms with van der Waals surface area (Å²) in [6.45, 7) is 5.27. The van der Waals surface area contributed by atoms with Crippen molar-refractivity contribution >= 4 is 21.6 Å². The molecule has 0 aliphatic carbocycles. The monoisotopic (exact) mass is 355 g/mol. The molecule has 7 nitrogen and oxygen atoms in total. The van der Waals surface area contributed by atoms with E-state index in [-0.39, 0.29) is 24.4 Å². The highest BCUT2D eigenvalue weighted by Crippen LogP contribution is 2.14. The summed E-state index contributed by atoms with van der Waals surface area (Å²) in [6.07, 6.45) is 0.00739. The molecule has 1 amide bonds. The summed E-state index contributed by atoms with van der Waals surface area (Å²) in [4.78, 5) is 14.1. The molecule has 0 spiro atoms. The van der Waals surface area contributed by atoms with Crippen molar-refractivity contribution in [2.75, 3.05) is 44.3 Å². The fourth-order valence-corrected chi connectivity index (χ4v) is 3.83. The van der Waals surface area contributed by atoms with Gasteiger partial charge in [0.2, 0.25) is 10.0 Å². The highest BCUT2D eigenvalue weighted by Gasteiger charge is 2.29. The number of carbonyl (C=O) groups excluding carboxylic acids is 1. The molecule has 1 heterocycles. The van der Waals surface area contributed by atoms with Crippen LogP contribution in [0, 0.1) is 0 Å². The molecule has 1 aromatic carbocycles. The van der Waals surface area contributed by atoms with E-state index in [4.69, 9.17) is 10.5 Å². The highest BCUT2D eigenvalue weighted by molar-refractivity contribution is 7.89. The number of nitrogens with zero attached hydrogens (tertiary/aromatic N) is 2. The molecule has 0 bridgehead atoms. The van der Waals surface area contributed by atoms with Crippen molar-refractivity contribution in [3.05, 3.63) is 29.8 Å². The maximum atomic E-state index is 12.4. The van der Waals surface area contributed by atoms with Crippen LogP contribution < -0.4 is 5.73 Å². The van der Waals surface area contributed by atoms with Crippen LogP contribution in [0.5, 0.6) is 0 Å². The van der Waals surface area contributed by atoms with Gasteiger partial charge < -0.3 is 15.4 Å². The minimum absolute atomic E-state index is 0.00739. The maximum Gasteiger partial charge on any atom is 0.254 e. The number of piperazine rings is 1. The quantitative estimate of drug-likeness (QED) is 0.761. The number of nitrogen functional groups attached to an aromatic ring is 1. The van der Waals surface area contributed by atoms with Crippen LogP contribution in [0.25, 0.3) is 0 Å². The van der Waals surface area contributed by atoms with E-state index in [1.165, 1.54) is 4.31 Å². The van der Waals surface area contributed by atoms with Crippen LogP contribution in [0.3, 0.4) is 0 Å². The van der Waals surface area contributed by atoms with Gasteiger partial charge in [0, 0.05) is 37.4 Å². The van der Waals surface area contributed by atoms with E-state index in [1.807, 2.05) is 13.8 Å². The molecule has 0 unspecified atom stereocenters. The summed E-state index contributed by atoms with van der Waals surface area (Å²) in [5.41, 5.74) is 6.76. The Hall–Kier alpha value is -1.64. The maximum absolute atomic E-state index is 12.4. The van der Waals surface area contributed by atoms with Crippen LogP contribution in [-0.4, -0.2) is 68.2 Å². The van der Waals surface area contributed by atoms with Gasteiger partial charge in [-0.2, -0.15) is 4.31 Å². The Morgan fingerprint density at radius 1 is 1.25 bits per heavy atom. The Morgan fingerprint density at radius 3 is 2.50 bits per heavy atom. The van der Waals surface area contributed by atoms with Crippen molar-refractivity contribution in [1.29, 1.82) is 0 Å². The predicted molar refractivity (Wildman–Crippen MR) is 93.2 cm³/mol. The molecule has 1 aliphatic rings. The molecule has 1 saturated heterocycles. The molecule has 1 aromatic rings. The first-order chi connectivity index (χ1) is 11.3. The molecule has 0 atom stereocenters. The standard InChI is InChI=1S/C16H25N3O4S/c1-13(2)23-10-11-24(21,22)19-8-6-18(7-9-19)16(20)14-4-3-5-15(17)12-14/h3-5,12-13H,6-11,17H2,1-2H3. The van der Waals surface area contributed by atoms with Crippen LogP contribution in [0.2, 0.25) is 0 Å². The number of amides is 1. The minimum atomic E-state index is -3.35. The van der Waals surface area contributed by atoms with Gasteiger partial charge in [0.15, 0.2) is 0 Å². The molecule has 2 N–H and O–H groups in total. The summed E-state index contributed by atoms with van der Waals surface area (Å²) in [6, 6.07) is 6.80. The first-order valence-electron chi connectivity index (χ1n) is 8.04. The SMILES string of the molecule is CC(C)OCCS(=O)(=O)N1CCN(C(=O)c2cccc(N)c2)CC1. The third-order valence-corrected chi connectivity index (χ3v) is 5.68. The second-order valence-corrected chi connectivity index (χ2v) is 8.14. The summed E-state index contributed by atoms with van der Waals surface area (Å²) >= 11 is 0. The molecule has 2 rings (SSSR count). The van der Waals surface area contributed by atoms with Gasteiger partial charge in [0.05, 0.1) is 18.5 Å². The van der Waals surface area contributed by atoms with Gasteiger partial charge >= 0.3 is 0 Å². The third-order valence-electron chi connectivity index (χ3n) is 3.85. The number of anilines is 1. The molecular formula is C16H25N3O4S. The topological polar surface area (TPSA) is 92.9 Å². The van der Waals surface area contributed by atoms with Gasteiger partial charge in [0.1, 0.15) is 0 Å². The number of hydrogen-bond donors (Lipinski definition) is 1. The molecule has 134 valence electrons. The minimum Gasteiger partial charge on any atom is -0.399 e. The zero-order valence-electron chi connectivity index (χ0n) is 14.1. The van der Waals surface area contributed by atoms with E-state index >= 15 is 0 Å². The van der Waals surface area contributed by atoms with Gasteiger partial charge in [-0.3, -0.25) is 4.79 Å². The Morgan fingerprint density at radius 2 is 1.92 bits per heavy atom. The predicted octanol–water partition coefficient (Wildman–Crippen LogP) is 0.781. The summed E-state index contributed by atoms with van der Waals surface area (Å²) in [5, 5.41) is 0. The van der Waals surface area contributed by atoms with E-state index in [0.717, 1.165) is 0 Å². The van der Waals surface area contributed by atoms with Crippen molar-refractivity contribution in [2.45, 2.75) is 20.0 Å². The van der Waals surface area contributed by atoms with E-state index in [9.17, 15) is 13.2 Å². The van der Waals surface area contributed by atoms with Gasteiger partial charge in [-0.25, -0.2) is 8.42 Å². The number of ether oxygens (including phenoxy) is 1. The first-order valence-corrected chi connectivity index (χ1v) is 9.65. The van der Waals surface area contributed by atoms with Crippen LogP contribution in [0.1, 0.15) is 24.2 Å². The second kappa shape index (κ2) is 7.96. The van der Waals surface area contributed by atoms with Crippen molar-refractivity contribution in [1.82, 2.24) is 9.21 Å². The van der Waals surface area contributed by atoms with Gasteiger partial charge in [0.25, 0.3) is 5.91 Å². The van der Waals surface area contributed by atoms with Crippen LogP contribution in [0.4, 0.5) is 5.69 Å². The third kappa shape index (κ3) is 4.93. The van der Waals surface area contributed by atoms with E-state index < -0.39 is 10.0 Å². The zero-order valence-corrected chi connectivity index (χ0v) is 15.0. The number of rotatable bonds is 6. The Balaban J connectivity index is 1.90. The molecule has 0 saturated carbocycles. The molecule has 24 heavy (non-hydrogen) atoms. The van der Waals surface area contributed by atoms with Crippen molar-refractivity contribution in [2.24, 2.45) is 0 Å². The molecule has 8 heteroatoms. The number of sulfonamides is 1. The molecular weight excluding hydrogens is 330 g/mol. The summed E-state index contributed by atoms with van der Waals surface area (Å²) in [5.74, 6) is -0.156. The second-order valence-electron chi connectivity index (χ2n) is 6.05.